The van der Waals surface area contributed by atoms with Gasteiger partial charge in [0.05, 0.1) is 0 Å². The van der Waals surface area contributed by atoms with E-state index in [1.807, 2.05) is 0 Å². The van der Waals surface area contributed by atoms with Crippen LogP contribution < -0.4 is 10.1 Å². The molecule has 2 rings (SSSR count). The lowest BCUT2D eigenvalue weighted by Crippen LogP contribution is -2.23. The van der Waals surface area contributed by atoms with E-state index in [0.29, 0.717) is 12.0 Å². The fraction of sp³-hybridized carbons (Fsp3) is 0.571. The molecule has 1 aliphatic rings. The van der Waals surface area contributed by atoms with Gasteiger partial charge in [0.25, 0.3) is 0 Å². The third kappa shape index (κ3) is 4.33. The molecule has 1 fully saturated rings. The molecule has 1 unspecified atom stereocenters. The Morgan fingerprint density at radius 3 is 2.26 bits per heavy atom. The maximum atomic E-state index is 12.0. The number of hydrogen-bond donors (Lipinski definition) is 1. The largest absolute Gasteiger partial charge is 0.573 e. The zero-order valence-electron chi connectivity index (χ0n) is 10.8. The first kappa shape index (κ1) is 14.0. The summed E-state index contributed by atoms with van der Waals surface area (Å²) in [5, 5.41) is 3.34. The van der Waals surface area contributed by atoms with Crippen molar-refractivity contribution in [1.29, 1.82) is 0 Å². The molecular formula is C14H18F3NO. The summed E-state index contributed by atoms with van der Waals surface area (Å²) >= 11 is 0. The van der Waals surface area contributed by atoms with E-state index in [2.05, 4.69) is 17.0 Å². The van der Waals surface area contributed by atoms with Crippen LogP contribution in [-0.2, 0) is 0 Å². The molecule has 1 aliphatic carbocycles. The molecule has 0 aliphatic heterocycles. The molecule has 1 N–H and O–H groups in total. The van der Waals surface area contributed by atoms with Crippen LogP contribution in [0.1, 0.15) is 32.6 Å². The van der Waals surface area contributed by atoms with Gasteiger partial charge in [0.2, 0.25) is 0 Å². The molecule has 0 spiro atoms. The smallest absolute Gasteiger partial charge is 0.406 e. The number of hydrogen-bond acceptors (Lipinski definition) is 2. The standard InChI is InChI=1S/C14H18F3NO/c1-10(11-4-2-3-5-11)18-12-6-8-13(9-7-12)19-14(15,16)17/h6-11,18H,2-5H2,1H3. The highest BCUT2D eigenvalue weighted by Gasteiger charge is 2.31. The van der Waals surface area contributed by atoms with Crippen molar-refractivity contribution >= 4 is 5.69 Å². The molecule has 5 heteroatoms. The van der Waals surface area contributed by atoms with Gasteiger partial charge in [0, 0.05) is 11.7 Å². The molecule has 0 aromatic heterocycles. The van der Waals surface area contributed by atoms with E-state index in [-0.39, 0.29) is 5.75 Å². The molecule has 0 heterocycles. The molecule has 19 heavy (non-hydrogen) atoms. The molecule has 1 aromatic rings. The molecule has 0 radical (unpaired) electrons. The average Bonchev–Trinajstić information content (AvgIpc) is 2.83. The van der Waals surface area contributed by atoms with Crippen molar-refractivity contribution in [3.63, 3.8) is 0 Å². The van der Waals surface area contributed by atoms with Crippen LogP contribution in [-0.4, -0.2) is 12.4 Å². The second-order valence-corrected chi connectivity index (χ2v) is 5.05. The van der Waals surface area contributed by atoms with Gasteiger partial charge in [0.1, 0.15) is 5.75 Å². The number of ether oxygens (including phenoxy) is 1. The quantitative estimate of drug-likeness (QED) is 0.867. The third-order valence-electron chi connectivity index (χ3n) is 3.59. The Bertz CT molecular complexity index is 396. The number of halogens is 3. The van der Waals surface area contributed by atoms with Crippen molar-refractivity contribution in [1.82, 2.24) is 0 Å². The topological polar surface area (TPSA) is 21.3 Å². The Labute approximate surface area is 111 Å². The molecule has 0 amide bonds. The van der Waals surface area contributed by atoms with E-state index in [1.165, 1.54) is 37.8 Å². The Morgan fingerprint density at radius 1 is 1.16 bits per heavy atom. The number of benzene rings is 1. The highest BCUT2D eigenvalue weighted by molar-refractivity contribution is 5.47. The maximum absolute atomic E-state index is 12.0. The van der Waals surface area contributed by atoms with Crippen LogP contribution in [0.3, 0.4) is 0 Å². The minimum Gasteiger partial charge on any atom is -0.406 e. The zero-order chi connectivity index (χ0) is 13.9. The normalized spacial score (nSPS) is 18.3. The third-order valence-corrected chi connectivity index (χ3v) is 3.59. The first-order valence-electron chi connectivity index (χ1n) is 6.56. The van der Waals surface area contributed by atoms with E-state index in [0.717, 1.165) is 5.69 Å². The lowest BCUT2D eigenvalue weighted by molar-refractivity contribution is -0.274. The van der Waals surface area contributed by atoms with Crippen molar-refractivity contribution in [3.05, 3.63) is 24.3 Å². The highest BCUT2D eigenvalue weighted by Crippen LogP contribution is 2.30. The van der Waals surface area contributed by atoms with Gasteiger partial charge in [-0.1, -0.05) is 12.8 Å². The molecule has 0 saturated heterocycles. The van der Waals surface area contributed by atoms with E-state index in [1.54, 1.807) is 12.1 Å². The predicted molar refractivity (Wildman–Crippen MR) is 68.2 cm³/mol. The maximum Gasteiger partial charge on any atom is 0.573 e. The molecule has 106 valence electrons. The van der Waals surface area contributed by atoms with Crippen molar-refractivity contribution < 1.29 is 17.9 Å². The lowest BCUT2D eigenvalue weighted by Gasteiger charge is -2.21. The minimum atomic E-state index is -4.63. The van der Waals surface area contributed by atoms with Crippen molar-refractivity contribution in [2.75, 3.05) is 5.32 Å². The van der Waals surface area contributed by atoms with E-state index >= 15 is 0 Å². The fourth-order valence-corrected chi connectivity index (χ4v) is 2.59. The van der Waals surface area contributed by atoms with Gasteiger partial charge in [-0.15, -0.1) is 13.2 Å². The Kier molecular flexibility index (Phi) is 4.22. The number of anilines is 1. The first-order valence-corrected chi connectivity index (χ1v) is 6.56. The summed E-state index contributed by atoms with van der Waals surface area (Å²) in [6, 6.07) is 6.24. The fourth-order valence-electron chi connectivity index (χ4n) is 2.59. The molecule has 2 nitrogen and oxygen atoms in total. The van der Waals surface area contributed by atoms with Gasteiger partial charge in [-0.25, -0.2) is 0 Å². The summed E-state index contributed by atoms with van der Waals surface area (Å²) in [7, 11) is 0. The van der Waals surface area contributed by atoms with Gasteiger partial charge in [0.15, 0.2) is 0 Å². The van der Waals surface area contributed by atoms with Crippen LogP contribution in [0.15, 0.2) is 24.3 Å². The molecule has 0 bridgehead atoms. The second-order valence-electron chi connectivity index (χ2n) is 5.05. The van der Waals surface area contributed by atoms with Gasteiger partial charge in [-0.3, -0.25) is 0 Å². The predicted octanol–water partition coefficient (Wildman–Crippen LogP) is 4.58. The minimum absolute atomic E-state index is 0.188. The van der Waals surface area contributed by atoms with Crippen LogP contribution in [0.4, 0.5) is 18.9 Å². The first-order chi connectivity index (χ1) is 8.94. The van der Waals surface area contributed by atoms with E-state index < -0.39 is 6.36 Å². The van der Waals surface area contributed by atoms with Gasteiger partial charge >= 0.3 is 6.36 Å². The molecule has 1 aromatic carbocycles. The van der Waals surface area contributed by atoms with E-state index in [4.69, 9.17) is 0 Å². The van der Waals surface area contributed by atoms with Crippen LogP contribution >= 0.6 is 0 Å². The molecule has 1 atom stereocenters. The Hall–Kier alpha value is -1.39. The van der Waals surface area contributed by atoms with Crippen molar-refractivity contribution in [2.45, 2.75) is 45.0 Å². The number of nitrogens with one attached hydrogen (secondary N) is 1. The SMILES string of the molecule is CC(Nc1ccc(OC(F)(F)F)cc1)C1CCCC1. The van der Waals surface area contributed by atoms with E-state index in [9.17, 15) is 13.2 Å². The van der Waals surface area contributed by atoms with Gasteiger partial charge in [-0.2, -0.15) is 0 Å². The molecular weight excluding hydrogens is 255 g/mol. The monoisotopic (exact) mass is 273 g/mol. The zero-order valence-corrected chi connectivity index (χ0v) is 10.8. The Balaban J connectivity index is 1.91. The lowest BCUT2D eigenvalue weighted by atomic mass is 9.99. The van der Waals surface area contributed by atoms with Crippen molar-refractivity contribution in [2.24, 2.45) is 5.92 Å². The summed E-state index contributed by atoms with van der Waals surface area (Å²) in [5.41, 5.74) is 0.828. The second kappa shape index (κ2) is 5.72. The summed E-state index contributed by atoms with van der Waals surface area (Å²) in [4.78, 5) is 0. The Morgan fingerprint density at radius 2 is 1.74 bits per heavy atom. The van der Waals surface area contributed by atoms with Gasteiger partial charge in [-0.05, 0) is 49.9 Å². The van der Waals surface area contributed by atoms with Crippen LogP contribution in [0.2, 0.25) is 0 Å². The summed E-state index contributed by atoms with van der Waals surface area (Å²) < 4.78 is 39.9. The van der Waals surface area contributed by atoms with Crippen LogP contribution in [0, 0.1) is 5.92 Å². The van der Waals surface area contributed by atoms with Crippen LogP contribution in [0.25, 0.3) is 0 Å². The molecule has 1 saturated carbocycles. The average molecular weight is 273 g/mol. The van der Waals surface area contributed by atoms with Crippen molar-refractivity contribution in [3.8, 4) is 5.75 Å². The summed E-state index contributed by atoms with van der Waals surface area (Å²) in [6.07, 6.45) is 0.364. The van der Waals surface area contributed by atoms with Crippen LogP contribution in [0.5, 0.6) is 5.75 Å². The number of rotatable bonds is 4. The number of alkyl halides is 3. The van der Waals surface area contributed by atoms with Gasteiger partial charge < -0.3 is 10.1 Å². The summed E-state index contributed by atoms with van der Waals surface area (Å²) in [5.74, 6) is 0.470. The highest BCUT2D eigenvalue weighted by atomic mass is 19.4. The summed E-state index contributed by atoms with van der Waals surface area (Å²) in [6.45, 7) is 2.12.